The Bertz CT molecular complexity index is 108. The predicted molar refractivity (Wildman–Crippen MR) is 32.8 cm³/mol. The van der Waals surface area contributed by atoms with Crippen molar-refractivity contribution in [2.75, 3.05) is 19.9 Å². The maximum atomic E-state index is 10.6. The van der Waals surface area contributed by atoms with E-state index in [2.05, 4.69) is 0 Å². The van der Waals surface area contributed by atoms with Crippen LogP contribution in [0, 0.1) is 0 Å². The smallest absolute Gasteiger partial charge is 0.221 e. The molecule has 52 valence electrons. The van der Waals surface area contributed by atoms with Crippen molar-refractivity contribution in [3.63, 3.8) is 0 Å². The Hall–Kier alpha value is -0.570. The third-order valence-corrected chi connectivity index (χ3v) is 1.41. The molecule has 1 rings (SSSR count). The molecule has 0 bridgehead atoms. The van der Waals surface area contributed by atoms with Gasteiger partial charge in [0.1, 0.15) is 6.73 Å². The van der Waals surface area contributed by atoms with Gasteiger partial charge in [-0.3, -0.25) is 4.79 Å². The Balaban J connectivity index is 2.31. The Morgan fingerprint density at radius 3 is 2.78 bits per heavy atom. The van der Waals surface area contributed by atoms with Gasteiger partial charge in [0.25, 0.3) is 0 Å². The topological polar surface area (TPSA) is 29.5 Å². The molecule has 0 radical (unpaired) electrons. The molecule has 1 amide bonds. The van der Waals surface area contributed by atoms with Crippen LogP contribution in [-0.4, -0.2) is 30.7 Å². The first-order chi connectivity index (χ1) is 4.30. The average molecular weight is 129 g/mol. The molecule has 1 saturated heterocycles. The first kappa shape index (κ1) is 6.55. The zero-order valence-electron chi connectivity index (χ0n) is 5.59. The molecule has 0 atom stereocenters. The lowest BCUT2D eigenvalue weighted by Gasteiger charge is -2.25. The summed E-state index contributed by atoms with van der Waals surface area (Å²) < 4.78 is 5.05. The molecule has 0 aliphatic carbocycles. The minimum Gasteiger partial charge on any atom is -0.361 e. The highest BCUT2D eigenvalue weighted by atomic mass is 16.5. The summed E-state index contributed by atoms with van der Waals surface area (Å²) in [6.45, 7) is 3.70. The van der Waals surface area contributed by atoms with Gasteiger partial charge in [0.15, 0.2) is 0 Å². The van der Waals surface area contributed by atoms with E-state index in [9.17, 15) is 4.79 Å². The van der Waals surface area contributed by atoms with E-state index in [0.29, 0.717) is 6.73 Å². The molecule has 1 aliphatic heterocycles. The molecular formula is C6H11NO2. The highest BCUT2D eigenvalue weighted by Gasteiger charge is 2.11. The van der Waals surface area contributed by atoms with E-state index in [0.717, 1.165) is 19.6 Å². The zero-order chi connectivity index (χ0) is 6.69. The predicted octanol–water partition coefficient (Wildman–Crippen LogP) is 0.213. The molecular weight excluding hydrogens is 118 g/mol. The maximum absolute atomic E-state index is 10.6. The lowest BCUT2D eigenvalue weighted by Crippen LogP contribution is -2.36. The van der Waals surface area contributed by atoms with Crippen LogP contribution in [0.1, 0.15) is 13.3 Å². The number of nitrogens with zero attached hydrogens (tertiary/aromatic N) is 1. The SMILES string of the molecule is CC(=O)N1CCCOC1. The standard InChI is InChI=1S/C6H11NO2/c1-6(8)7-3-2-4-9-5-7/h2-5H2,1H3. The summed E-state index contributed by atoms with van der Waals surface area (Å²) in [5.41, 5.74) is 0. The maximum Gasteiger partial charge on any atom is 0.221 e. The first-order valence-electron chi connectivity index (χ1n) is 3.14. The van der Waals surface area contributed by atoms with Gasteiger partial charge < -0.3 is 9.64 Å². The van der Waals surface area contributed by atoms with Gasteiger partial charge in [-0.15, -0.1) is 0 Å². The Labute approximate surface area is 54.6 Å². The second-order valence-corrected chi connectivity index (χ2v) is 2.17. The van der Waals surface area contributed by atoms with Gasteiger partial charge in [-0.2, -0.15) is 0 Å². The molecule has 0 spiro atoms. The van der Waals surface area contributed by atoms with Gasteiger partial charge >= 0.3 is 0 Å². The lowest BCUT2D eigenvalue weighted by molar-refractivity contribution is -0.138. The van der Waals surface area contributed by atoms with Crippen LogP contribution in [0.2, 0.25) is 0 Å². The quantitative estimate of drug-likeness (QED) is 0.468. The van der Waals surface area contributed by atoms with Crippen molar-refractivity contribution in [3.8, 4) is 0 Å². The molecule has 9 heavy (non-hydrogen) atoms. The Morgan fingerprint density at radius 2 is 2.44 bits per heavy atom. The summed E-state index contributed by atoms with van der Waals surface area (Å²) in [5, 5.41) is 0. The van der Waals surface area contributed by atoms with E-state index < -0.39 is 0 Å². The summed E-state index contributed by atoms with van der Waals surface area (Å²) in [5.74, 6) is 0.106. The average Bonchev–Trinajstić information content (AvgIpc) is 1.90. The monoisotopic (exact) mass is 129 g/mol. The molecule has 3 heteroatoms. The highest BCUT2D eigenvalue weighted by Crippen LogP contribution is 1.99. The van der Waals surface area contributed by atoms with Crippen LogP contribution in [0.3, 0.4) is 0 Å². The summed E-state index contributed by atoms with van der Waals surface area (Å²) in [6, 6.07) is 0. The van der Waals surface area contributed by atoms with Crippen LogP contribution in [0.25, 0.3) is 0 Å². The largest absolute Gasteiger partial charge is 0.361 e. The van der Waals surface area contributed by atoms with Gasteiger partial charge in [0, 0.05) is 13.5 Å². The van der Waals surface area contributed by atoms with Crippen molar-refractivity contribution in [2.24, 2.45) is 0 Å². The van der Waals surface area contributed by atoms with E-state index in [1.54, 1.807) is 11.8 Å². The van der Waals surface area contributed by atoms with Crippen molar-refractivity contribution >= 4 is 5.91 Å². The molecule has 0 N–H and O–H groups in total. The molecule has 0 aromatic carbocycles. The summed E-state index contributed by atoms with van der Waals surface area (Å²) in [7, 11) is 0. The van der Waals surface area contributed by atoms with E-state index >= 15 is 0 Å². The number of ether oxygens (including phenoxy) is 1. The fraction of sp³-hybridized carbons (Fsp3) is 0.833. The van der Waals surface area contributed by atoms with E-state index in [1.807, 2.05) is 0 Å². The summed E-state index contributed by atoms with van der Waals surface area (Å²) in [6.07, 6.45) is 0.972. The molecule has 1 aliphatic rings. The zero-order valence-corrected chi connectivity index (χ0v) is 5.59. The molecule has 1 heterocycles. The number of carbonyl (C=O) groups is 1. The number of hydrogen-bond donors (Lipinski definition) is 0. The highest BCUT2D eigenvalue weighted by molar-refractivity contribution is 5.73. The van der Waals surface area contributed by atoms with Gasteiger partial charge in [0.2, 0.25) is 5.91 Å². The van der Waals surface area contributed by atoms with Gasteiger partial charge in [0.05, 0.1) is 6.61 Å². The minimum atomic E-state index is 0.106. The Kier molecular flexibility index (Phi) is 2.05. The number of amides is 1. The van der Waals surface area contributed by atoms with E-state index in [4.69, 9.17) is 4.74 Å². The van der Waals surface area contributed by atoms with E-state index in [1.165, 1.54) is 0 Å². The molecule has 0 aromatic heterocycles. The van der Waals surface area contributed by atoms with Crippen LogP contribution in [0.4, 0.5) is 0 Å². The van der Waals surface area contributed by atoms with Gasteiger partial charge in [-0.1, -0.05) is 0 Å². The van der Waals surface area contributed by atoms with Crippen molar-refractivity contribution in [1.82, 2.24) is 4.90 Å². The number of rotatable bonds is 0. The first-order valence-corrected chi connectivity index (χ1v) is 3.14. The van der Waals surface area contributed by atoms with Crippen LogP contribution < -0.4 is 0 Å². The Morgan fingerprint density at radius 1 is 1.67 bits per heavy atom. The second-order valence-electron chi connectivity index (χ2n) is 2.17. The fourth-order valence-electron chi connectivity index (χ4n) is 0.845. The number of carbonyl (C=O) groups excluding carboxylic acids is 1. The molecule has 3 nitrogen and oxygen atoms in total. The fourth-order valence-corrected chi connectivity index (χ4v) is 0.845. The second kappa shape index (κ2) is 2.82. The van der Waals surface area contributed by atoms with Crippen LogP contribution in [-0.2, 0) is 9.53 Å². The van der Waals surface area contributed by atoms with Crippen LogP contribution in [0.15, 0.2) is 0 Å². The van der Waals surface area contributed by atoms with Gasteiger partial charge in [-0.05, 0) is 6.42 Å². The number of hydrogen-bond acceptors (Lipinski definition) is 2. The van der Waals surface area contributed by atoms with Gasteiger partial charge in [-0.25, -0.2) is 0 Å². The minimum absolute atomic E-state index is 0.106. The summed E-state index contributed by atoms with van der Waals surface area (Å²) >= 11 is 0. The normalized spacial score (nSPS) is 19.9. The van der Waals surface area contributed by atoms with Crippen LogP contribution >= 0.6 is 0 Å². The lowest BCUT2D eigenvalue weighted by atomic mass is 10.4. The summed E-state index contributed by atoms with van der Waals surface area (Å²) in [4.78, 5) is 12.3. The van der Waals surface area contributed by atoms with Crippen molar-refractivity contribution < 1.29 is 9.53 Å². The third-order valence-electron chi connectivity index (χ3n) is 1.41. The molecule has 0 unspecified atom stereocenters. The molecule has 0 saturated carbocycles. The molecule has 1 fully saturated rings. The molecule has 0 aromatic rings. The van der Waals surface area contributed by atoms with Crippen molar-refractivity contribution in [3.05, 3.63) is 0 Å². The van der Waals surface area contributed by atoms with E-state index in [-0.39, 0.29) is 5.91 Å². The van der Waals surface area contributed by atoms with Crippen molar-refractivity contribution in [1.29, 1.82) is 0 Å². The van der Waals surface area contributed by atoms with Crippen LogP contribution in [0.5, 0.6) is 0 Å². The van der Waals surface area contributed by atoms with Crippen molar-refractivity contribution in [2.45, 2.75) is 13.3 Å². The third kappa shape index (κ3) is 1.68.